The number of nitrogens with one attached hydrogen (secondary N) is 1. The van der Waals surface area contributed by atoms with Crippen LogP contribution in [0.4, 0.5) is 0 Å². The van der Waals surface area contributed by atoms with Crippen molar-refractivity contribution in [2.75, 3.05) is 26.7 Å². The van der Waals surface area contributed by atoms with Gasteiger partial charge in [-0.25, -0.2) is 0 Å². The predicted molar refractivity (Wildman–Crippen MR) is 90.4 cm³/mol. The second kappa shape index (κ2) is 12.6. The van der Waals surface area contributed by atoms with Crippen LogP contribution in [0.2, 0.25) is 0 Å². The van der Waals surface area contributed by atoms with Gasteiger partial charge in [-0.1, -0.05) is 64.7 Å². The molecule has 1 atom stereocenters. The Morgan fingerprint density at radius 3 is 2.10 bits per heavy atom. The highest BCUT2D eigenvalue weighted by Gasteiger charge is 2.22. The molecule has 20 heavy (non-hydrogen) atoms. The zero-order valence-electron chi connectivity index (χ0n) is 14.1. The van der Waals surface area contributed by atoms with Crippen LogP contribution in [-0.4, -0.2) is 37.6 Å². The summed E-state index contributed by atoms with van der Waals surface area (Å²) < 4.78 is 0. The van der Waals surface area contributed by atoms with Gasteiger partial charge in [-0.15, -0.1) is 0 Å². The Bertz CT molecular complexity index is 206. The second-order valence-corrected chi connectivity index (χ2v) is 6.57. The molecule has 2 nitrogen and oxygen atoms in total. The van der Waals surface area contributed by atoms with Crippen LogP contribution in [0.15, 0.2) is 0 Å². The van der Waals surface area contributed by atoms with E-state index < -0.39 is 0 Å². The molecule has 1 aliphatic rings. The fourth-order valence-electron chi connectivity index (χ4n) is 3.46. The van der Waals surface area contributed by atoms with Crippen LogP contribution in [0.3, 0.4) is 0 Å². The van der Waals surface area contributed by atoms with E-state index in [1.165, 1.54) is 96.7 Å². The van der Waals surface area contributed by atoms with Crippen LogP contribution in [0.5, 0.6) is 0 Å². The number of likely N-dealkylation sites (tertiary alicyclic amines) is 1. The zero-order chi connectivity index (χ0) is 14.5. The first-order chi connectivity index (χ1) is 9.88. The number of hydrogen-bond acceptors (Lipinski definition) is 2. The van der Waals surface area contributed by atoms with Crippen LogP contribution >= 0.6 is 0 Å². The lowest BCUT2D eigenvalue weighted by atomic mass is 10.1. The maximum atomic E-state index is 3.34. The van der Waals surface area contributed by atoms with E-state index in [4.69, 9.17) is 0 Å². The van der Waals surface area contributed by atoms with Gasteiger partial charge in [0, 0.05) is 12.6 Å². The molecule has 1 rings (SSSR count). The Kier molecular flexibility index (Phi) is 11.4. The lowest BCUT2D eigenvalue weighted by molar-refractivity contribution is 0.244. The lowest BCUT2D eigenvalue weighted by Gasteiger charge is -2.24. The van der Waals surface area contributed by atoms with Crippen molar-refractivity contribution in [3.05, 3.63) is 0 Å². The van der Waals surface area contributed by atoms with E-state index in [1.807, 2.05) is 0 Å². The predicted octanol–water partition coefficient (Wildman–Crippen LogP) is 4.59. The van der Waals surface area contributed by atoms with Gasteiger partial charge < -0.3 is 5.32 Å². The molecular formula is C18H38N2. The topological polar surface area (TPSA) is 15.3 Å². The third kappa shape index (κ3) is 8.26. The molecule has 1 saturated heterocycles. The van der Waals surface area contributed by atoms with Crippen molar-refractivity contribution in [1.29, 1.82) is 0 Å². The summed E-state index contributed by atoms with van der Waals surface area (Å²) in [5, 5.41) is 3.34. The quantitative estimate of drug-likeness (QED) is 0.497. The molecule has 1 N–H and O–H groups in total. The third-order valence-electron chi connectivity index (χ3n) is 4.74. The summed E-state index contributed by atoms with van der Waals surface area (Å²) in [4.78, 5) is 2.71. The van der Waals surface area contributed by atoms with Crippen molar-refractivity contribution in [2.45, 2.75) is 90.0 Å². The molecule has 1 unspecified atom stereocenters. The van der Waals surface area contributed by atoms with Gasteiger partial charge in [0.25, 0.3) is 0 Å². The average molecular weight is 283 g/mol. The third-order valence-corrected chi connectivity index (χ3v) is 4.74. The molecule has 2 heteroatoms. The summed E-state index contributed by atoms with van der Waals surface area (Å²) in [6.07, 6.45) is 17.2. The molecule has 1 aliphatic heterocycles. The van der Waals surface area contributed by atoms with Crippen molar-refractivity contribution in [1.82, 2.24) is 10.2 Å². The monoisotopic (exact) mass is 282 g/mol. The van der Waals surface area contributed by atoms with Gasteiger partial charge in [0.05, 0.1) is 0 Å². The summed E-state index contributed by atoms with van der Waals surface area (Å²) in [6, 6.07) is 0.818. The highest BCUT2D eigenvalue weighted by atomic mass is 15.2. The Balaban J connectivity index is 1.84. The van der Waals surface area contributed by atoms with Gasteiger partial charge in [0.15, 0.2) is 0 Å². The number of unbranched alkanes of at least 4 members (excludes halogenated alkanes) is 9. The molecule has 0 aromatic carbocycles. The molecule has 120 valence electrons. The standard InChI is InChI=1S/C18H38N2/c1-3-4-5-6-7-8-9-10-11-12-15-20-16-13-14-18(20)17-19-2/h18-19H,3-17H2,1-2H3. The van der Waals surface area contributed by atoms with E-state index in [0.29, 0.717) is 0 Å². The minimum absolute atomic E-state index is 0.818. The van der Waals surface area contributed by atoms with E-state index in [0.717, 1.165) is 6.04 Å². The first kappa shape index (κ1) is 18.0. The number of likely N-dealkylation sites (N-methyl/N-ethyl adjacent to an activating group) is 1. The molecule has 0 saturated carbocycles. The Hall–Kier alpha value is -0.0800. The SMILES string of the molecule is CCCCCCCCCCCCN1CCCC1CNC. The van der Waals surface area contributed by atoms with Crippen molar-refractivity contribution >= 4 is 0 Å². The molecule has 0 amide bonds. The molecule has 0 aromatic heterocycles. The summed E-state index contributed by atoms with van der Waals surface area (Å²) in [5.74, 6) is 0. The van der Waals surface area contributed by atoms with Crippen molar-refractivity contribution in [3.8, 4) is 0 Å². The molecular weight excluding hydrogens is 244 g/mol. The van der Waals surface area contributed by atoms with Crippen LogP contribution in [-0.2, 0) is 0 Å². The van der Waals surface area contributed by atoms with Gasteiger partial charge >= 0.3 is 0 Å². The van der Waals surface area contributed by atoms with Crippen LogP contribution in [0.25, 0.3) is 0 Å². The van der Waals surface area contributed by atoms with Crippen LogP contribution < -0.4 is 5.32 Å². The minimum Gasteiger partial charge on any atom is -0.318 e. The largest absolute Gasteiger partial charge is 0.318 e. The molecule has 0 bridgehead atoms. The van der Waals surface area contributed by atoms with E-state index in [1.54, 1.807) is 0 Å². The second-order valence-electron chi connectivity index (χ2n) is 6.57. The fraction of sp³-hybridized carbons (Fsp3) is 1.00. The van der Waals surface area contributed by atoms with E-state index >= 15 is 0 Å². The maximum absolute atomic E-state index is 3.34. The highest BCUT2D eigenvalue weighted by Crippen LogP contribution is 2.18. The molecule has 1 fully saturated rings. The van der Waals surface area contributed by atoms with Gasteiger partial charge in [0.2, 0.25) is 0 Å². The Morgan fingerprint density at radius 1 is 0.900 bits per heavy atom. The van der Waals surface area contributed by atoms with Gasteiger partial charge in [-0.2, -0.15) is 0 Å². The summed E-state index contributed by atoms with van der Waals surface area (Å²) >= 11 is 0. The zero-order valence-corrected chi connectivity index (χ0v) is 14.1. The van der Waals surface area contributed by atoms with Crippen molar-refractivity contribution in [2.24, 2.45) is 0 Å². The molecule has 0 spiro atoms. The summed E-state index contributed by atoms with van der Waals surface area (Å²) in [5.41, 5.74) is 0. The van der Waals surface area contributed by atoms with E-state index in [9.17, 15) is 0 Å². The van der Waals surface area contributed by atoms with Crippen LogP contribution in [0, 0.1) is 0 Å². The van der Waals surface area contributed by atoms with Gasteiger partial charge in [0.1, 0.15) is 0 Å². The van der Waals surface area contributed by atoms with Crippen molar-refractivity contribution < 1.29 is 0 Å². The van der Waals surface area contributed by atoms with Gasteiger partial charge in [-0.3, -0.25) is 4.90 Å². The summed E-state index contributed by atoms with van der Waals surface area (Å²) in [7, 11) is 2.08. The molecule has 0 aliphatic carbocycles. The number of hydrogen-bond donors (Lipinski definition) is 1. The molecule has 1 heterocycles. The Labute approximate surface area is 127 Å². The van der Waals surface area contributed by atoms with E-state index in [-0.39, 0.29) is 0 Å². The normalized spacial score (nSPS) is 19.8. The molecule has 0 aromatic rings. The fourth-order valence-corrected chi connectivity index (χ4v) is 3.46. The van der Waals surface area contributed by atoms with Crippen LogP contribution in [0.1, 0.15) is 84.0 Å². The van der Waals surface area contributed by atoms with Crippen molar-refractivity contribution in [3.63, 3.8) is 0 Å². The number of nitrogens with zero attached hydrogens (tertiary/aromatic N) is 1. The first-order valence-electron chi connectivity index (χ1n) is 9.27. The summed E-state index contributed by atoms with van der Waals surface area (Å²) in [6.45, 7) is 6.14. The minimum atomic E-state index is 0.818. The van der Waals surface area contributed by atoms with Gasteiger partial charge in [-0.05, 0) is 39.4 Å². The lowest BCUT2D eigenvalue weighted by Crippen LogP contribution is -2.37. The number of rotatable bonds is 13. The Morgan fingerprint density at radius 2 is 1.50 bits per heavy atom. The highest BCUT2D eigenvalue weighted by molar-refractivity contribution is 4.80. The average Bonchev–Trinajstić information content (AvgIpc) is 2.89. The smallest absolute Gasteiger partial charge is 0.0220 e. The first-order valence-corrected chi connectivity index (χ1v) is 9.27. The maximum Gasteiger partial charge on any atom is 0.0220 e. The molecule has 0 radical (unpaired) electrons. The van der Waals surface area contributed by atoms with E-state index in [2.05, 4.69) is 24.2 Å².